The third-order valence-corrected chi connectivity index (χ3v) is 5.55. The van der Waals surface area contributed by atoms with Crippen LogP contribution in [0.1, 0.15) is 16.7 Å². The normalized spacial score (nSPS) is 14.8. The van der Waals surface area contributed by atoms with E-state index in [-0.39, 0.29) is 22.3 Å². The number of aromatic nitrogens is 1. The molecule has 1 saturated heterocycles. The summed E-state index contributed by atoms with van der Waals surface area (Å²) < 4.78 is 5.59. The van der Waals surface area contributed by atoms with E-state index in [1.807, 2.05) is 26.0 Å². The Morgan fingerprint density at radius 3 is 2.47 bits per heavy atom. The van der Waals surface area contributed by atoms with Crippen molar-refractivity contribution in [3.05, 3.63) is 93.2 Å². The minimum absolute atomic E-state index is 0.0280. The third-order valence-electron chi connectivity index (χ3n) is 5.26. The molecule has 2 amide bonds. The summed E-state index contributed by atoms with van der Waals surface area (Å²) in [5.41, 5.74) is 2.89. The zero-order valence-electron chi connectivity index (χ0n) is 18.1. The van der Waals surface area contributed by atoms with Gasteiger partial charge < -0.3 is 4.74 Å². The lowest BCUT2D eigenvalue weighted by Gasteiger charge is -2.30. The second kappa shape index (κ2) is 9.20. The van der Waals surface area contributed by atoms with Crippen molar-refractivity contribution in [2.45, 2.75) is 13.8 Å². The number of ether oxygens (including phenoxy) is 1. The molecule has 0 aliphatic carbocycles. The van der Waals surface area contributed by atoms with Gasteiger partial charge in [-0.1, -0.05) is 24.3 Å². The lowest BCUT2D eigenvalue weighted by Crippen LogP contribution is -2.54. The molecular formula is C24H18N4O5S. The van der Waals surface area contributed by atoms with Crippen molar-refractivity contribution in [2.75, 3.05) is 4.90 Å². The van der Waals surface area contributed by atoms with Crippen molar-refractivity contribution in [3.8, 4) is 11.6 Å². The Hall–Kier alpha value is -4.44. The van der Waals surface area contributed by atoms with Gasteiger partial charge in [-0.25, -0.2) is 4.98 Å². The minimum Gasteiger partial charge on any atom is -0.439 e. The Morgan fingerprint density at radius 2 is 1.82 bits per heavy atom. The molecule has 0 radical (unpaired) electrons. The average molecular weight is 474 g/mol. The molecular weight excluding hydrogens is 456 g/mol. The Kier molecular flexibility index (Phi) is 6.15. The molecule has 0 atom stereocenters. The van der Waals surface area contributed by atoms with Gasteiger partial charge in [0.2, 0.25) is 5.88 Å². The van der Waals surface area contributed by atoms with E-state index in [4.69, 9.17) is 17.0 Å². The Morgan fingerprint density at radius 1 is 1.09 bits per heavy atom. The minimum atomic E-state index is -0.577. The van der Waals surface area contributed by atoms with Crippen molar-refractivity contribution in [1.82, 2.24) is 10.3 Å². The van der Waals surface area contributed by atoms with E-state index in [9.17, 15) is 19.7 Å². The van der Waals surface area contributed by atoms with Crippen LogP contribution in [0.3, 0.4) is 0 Å². The molecule has 2 heterocycles. The fraction of sp³-hybridized carbons (Fsp3) is 0.0833. The predicted molar refractivity (Wildman–Crippen MR) is 130 cm³/mol. The van der Waals surface area contributed by atoms with Gasteiger partial charge in [0.25, 0.3) is 17.5 Å². The molecule has 170 valence electrons. The summed E-state index contributed by atoms with van der Waals surface area (Å²) in [6.45, 7) is 3.82. The molecule has 0 unspecified atom stereocenters. The van der Waals surface area contributed by atoms with Gasteiger partial charge in [-0.05, 0) is 67.0 Å². The first-order valence-corrected chi connectivity index (χ1v) is 10.5. The van der Waals surface area contributed by atoms with Gasteiger partial charge in [-0.2, -0.15) is 0 Å². The van der Waals surface area contributed by atoms with Crippen LogP contribution in [-0.2, 0) is 9.59 Å². The fourth-order valence-corrected chi connectivity index (χ4v) is 3.59. The van der Waals surface area contributed by atoms with Gasteiger partial charge in [0.15, 0.2) is 5.11 Å². The van der Waals surface area contributed by atoms with Crippen molar-refractivity contribution in [2.24, 2.45) is 0 Å². The number of benzene rings is 2. The third kappa shape index (κ3) is 4.52. The van der Waals surface area contributed by atoms with Gasteiger partial charge in [0.05, 0.1) is 10.6 Å². The van der Waals surface area contributed by atoms with Crippen LogP contribution in [0.25, 0.3) is 6.08 Å². The molecule has 34 heavy (non-hydrogen) atoms. The van der Waals surface area contributed by atoms with Crippen LogP contribution in [-0.4, -0.2) is 26.8 Å². The number of rotatable bonds is 5. The SMILES string of the molecule is Cc1cccc(N2C(=O)C(=Cc3ccc(Oc4ccc([N+](=O)[O-])cn4)cc3)C(=O)NC2=S)c1C. The van der Waals surface area contributed by atoms with E-state index < -0.39 is 16.7 Å². The first kappa shape index (κ1) is 22.7. The van der Waals surface area contributed by atoms with Crippen LogP contribution in [0.15, 0.2) is 66.4 Å². The summed E-state index contributed by atoms with van der Waals surface area (Å²) in [6.07, 6.45) is 2.58. The predicted octanol–water partition coefficient (Wildman–Crippen LogP) is 4.23. The topological polar surface area (TPSA) is 115 Å². The lowest BCUT2D eigenvalue weighted by molar-refractivity contribution is -0.385. The quantitative estimate of drug-likeness (QED) is 0.193. The zero-order valence-corrected chi connectivity index (χ0v) is 19.0. The molecule has 1 aliphatic rings. The zero-order chi connectivity index (χ0) is 24.4. The summed E-state index contributed by atoms with van der Waals surface area (Å²) >= 11 is 5.27. The van der Waals surface area contributed by atoms with Gasteiger partial charge in [-0.15, -0.1) is 0 Å². The second-order valence-corrected chi connectivity index (χ2v) is 7.85. The highest BCUT2D eigenvalue weighted by atomic mass is 32.1. The van der Waals surface area contributed by atoms with Gasteiger partial charge in [0, 0.05) is 12.1 Å². The molecule has 9 nitrogen and oxygen atoms in total. The van der Waals surface area contributed by atoms with Crippen molar-refractivity contribution >= 4 is 46.6 Å². The summed E-state index contributed by atoms with van der Waals surface area (Å²) in [7, 11) is 0. The number of nitrogens with zero attached hydrogens (tertiary/aromatic N) is 3. The Balaban J connectivity index is 1.57. The van der Waals surface area contributed by atoms with E-state index in [0.717, 1.165) is 17.3 Å². The number of carbonyl (C=O) groups excluding carboxylic acids is 2. The van der Waals surface area contributed by atoms with Gasteiger partial charge in [0.1, 0.15) is 17.5 Å². The second-order valence-electron chi connectivity index (χ2n) is 7.46. The number of carbonyl (C=O) groups is 2. The highest BCUT2D eigenvalue weighted by molar-refractivity contribution is 7.80. The molecule has 10 heteroatoms. The molecule has 1 aromatic heterocycles. The smallest absolute Gasteiger partial charge is 0.287 e. The standard InChI is InChI=1S/C24H18N4O5S/c1-14-4-3-5-20(15(14)2)27-23(30)19(22(29)26-24(27)34)12-16-6-9-18(10-7-16)33-21-11-8-17(13-25-21)28(31)32/h3-13H,1-2H3,(H,26,29,34). The molecule has 0 spiro atoms. The lowest BCUT2D eigenvalue weighted by atomic mass is 10.0. The van der Waals surface area contributed by atoms with Crippen LogP contribution in [0, 0.1) is 24.0 Å². The number of hydrogen-bond donors (Lipinski definition) is 1. The summed E-state index contributed by atoms with van der Waals surface area (Å²) in [6, 6.07) is 14.8. The molecule has 2 aromatic carbocycles. The van der Waals surface area contributed by atoms with Crippen LogP contribution in [0.5, 0.6) is 11.6 Å². The Labute approximate surface area is 199 Å². The van der Waals surface area contributed by atoms with Crippen LogP contribution in [0.4, 0.5) is 11.4 Å². The summed E-state index contributed by atoms with van der Waals surface area (Å²) in [5, 5.41) is 13.3. The maximum atomic E-state index is 13.2. The average Bonchev–Trinajstić information content (AvgIpc) is 2.81. The largest absolute Gasteiger partial charge is 0.439 e. The monoisotopic (exact) mass is 474 g/mol. The maximum absolute atomic E-state index is 13.2. The number of aryl methyl sites for hydroxylation is 1. The maximum Gasteiger partial charge on any atom is 0.287 e. The Bertz CT molecular complexity index is 1350. The number of nitrogens with one attached hydrogen (secondary N) is 1. The molecule has 3 aromatic rings. The number of thiocarbonyl (C=S) groups is 1. The van der Waals surface area contributed by atoms with Crippen LogP contribution >= 0.6 is 12.2 Å². The van der Waals surface area contributed by atoms with E-state index in [1.54, 1.807) is 30.3 Å². The van der Waals surface area contributed by atoms with Crippen molar-refractivity contribution in [1.29, 1.82) is 0 Å². The fourth-order valence-electron chi connectivity index (χ4n) is 3.31. The first-order chi connectivity index (χ1) is 16.2. The number of anilines is 1. The highest BCUT2D eigenvalue weighted by Gasteiger charge is 2.35. The number of pyridine rings is 1. The number of hydrogen-bond acceptors (Lipinski definition) is 7. The summed E-state index contributed by atoms with van der Waals surface area (Å²) in [5.74, 6) is -0.470. The number of amides is 2. The highest BCUT2D eigenvalue weighted by Crippen LogP contribution is 2.28. The van der Waals surface area contributed by atoms with E-state index in [2.05, 4.69) is 10.3 Å². The molecule has 0 saturated carbocycles. The molecule has 1 N–H and O–H groups in total. The van der Waals surface area contributed by atoms with Crippen molar-refractivity contribution in [3.63, 3.8) is 0 Å². The van der Waals surface area contributed by atoms with E-state index >= 15 is 0 Å². The van der Waals surface area contributed by atoms with Gasteiger partial charge >= 0.3 is 0 Å². The first-order valence-electron chi connectivity index (χ1n) is 10.1. The summed E-state index contributed by atoms with van der Waals surface area (Å²) in [4.78, 5) is 41.2. The molecule has 1 aliphatic heterocycles. The van der Waals surface area contributed by atoms with Crippen molar-refractivity contribution < 1.29 is 19.2 Å². The van der Waals surface area contributed by atoms with E-state index in [0.29, 0.717) is 17.0 Å². The van der Waals surface area contributed by atoms with E-state index in [1.165, 1.54) is 23.1 Å². The van der Waals surface area contributed by atoms with Crippen LogP contribution in [0.2, 0.25) is 0 Å². The van der Waals surface area contributed by atoms with Gasteiger partial charge in [-0.3, -0.25) is 29.9 Å². The molecule has 4 rings (SSSR count). The molecule has 1 fully saturated rings. The molecule has 0 bridgehead atoms. The van der Waals surface area contributed by atoms with Crippen LogP contribution < -0.4 is 15.0 Å². The number of nitro groups is 1.